The van der Waals surface area contributed by atoms with Gasteiger partial charge in [0.15, 0.2) is 6.29 Å². The van der Waals surface area contributed by atoms with Gasteiger partial charge in [0.05, 0.1) is 30.2 Å². The van der Waals surface area contributed by atoms with Crippen LogP contribution < -0.4 is 4.90 Å². The summed E-state index contributed by atoms with van der Waals surface area (Å²) in [6.07, 6.45) is 3.82. The predicted octanol–water partition coefficient (Wildman–Crippen LogP) is 3.09. The first-order valence-electron chi connectivity index (χ1n) is 8.31. The van der Waals surface area contributed by atoms with Crippen molar-refractivity contribution in [2.45, 2.75) is 25.9 Å². The maximum absolute atomic E-state index is 11.5. The van der Waals surface area contributed by atoms with E-state index in [-0.39, 0.29) is 6.04 Å². The molecule has 0 spiro atoms. The maximum Gasteiger partial charge on any atom is 0.208 e. The van der Waals surface area contributed by atoms with Crippen LogP contribution in [0, 0.1) is 0 Å². The van der Waals surface area contributed by atoms with Gasteiger partial charge in [-0.1, -0.05) is 11.6 Å². The lowest BCUT2D eigenvalue weighted by molar-refractivity contribution is 0.112. The number of aryl methyl sites for hydroxylation is 1. The molecule has 0 saturated heterocycles. The number of anilines is 1. The van der Waals surface area contributed by atoms with Gasteiger partial charge in [-0.15, -0.1) is 0 Å². The Morgan fingerprint density at radius 1 is 1.36 bits per heavy atom. The molecule has 1 aromatic carbocycles. The Morgan fingerprint density at radius 3 is 2.92 bits per heavy atom. The first kappa shape index (κ1) is 16.1. The number of methoxy groups -OCH3 is 1. The highest BCUT2D eigenvalue weighted by molar-refractivity contribution is 6.35. The van der Waals surface area contributed by atoms with Gasteiger partial charge >= 0.3 is 0 Å². The van der Waals surface area contributed by atoms with Crippen LogP contribution in [0.25, 0.3) is 11.0 Å². The zero-order valence-corrected chi connectivity index (χ0v) is 15.0. The largest absolute Gasteiger partial charge is 0.481 e. The standard InChI is InChI=1S/C18H19ClN4O2/c1-11-8-15(25-2)20-9-14(11)22-6-3-7-23-17-12(10-24)4-5-13(19)16(17)21-18(22)23/h4-5,8,10,14H,3,6-7,9H2,1-2H3. The molecule has 0 aliphatic carbocycles. The van der Waals surface area contributed by atoms with Crippen LogP contribution in [0.15, 0.2) is 28.8 Å². The van der Waals surface area contributed by atoms with Gasteiger partial charge < -0.3 is 14.2 Å². The number of hydrogen-bond acceptors (Lipinski definition) is 5. The summed E-state index contributed by atoms with van der Waals surface area (Å²) >= 11 is 6.35. The van der Waals surface area contributed by atoms with Crippen molar-refractivity contribution in [3.63, 3.8) is 0 Å². The first-order chi connectivity index (χ1) is 12.1. The fourth-order valence-corrected chi connectivity index (χ4v) is 3.86. The molecule has 2 aliphatic heterocycles. The van der Waals surface area contributed by atoms with Crippen LogP contribution in [0.3, 0.4) is 0 Å². The van der Waals surface area contributed by atoms with Crippen molar-refractivity contribution in [3.8, 4) is 0 Å². The molecule has 6 nitrogen and oxygen atoms in total. The van der Waals surface area contributed by atoms with Crippen LogP contribution >= 0.6 is 11.6 Å². The lowest BCUT2D eigenvalue weighted by Crippen LogP contribution is -2.44. The van der Waals surface area contributed by atoms with E-state index >= 15 is 0 Å². The fraction of sp³-hybridized carbons (Fsp3) is 0.389. The van der Waals surface area contributed by atoms with Gasteiger partial charge in [-0.05, 0) is 31.1 Å². The summed E-state index contributed by atoms with van der Waals surface area (Å²) in [4.78, 5) is 23.0. The van der Waals surface area contributed by atoms with Crippen molar-refractivity contribution in [2.75, 3.05) is 25.1 Å². The molecule has 25 heavy (non-hydrogen) atoms. The molecular weight excluding hydrogens is 340 g/mol. The van der Waals surface area contributed by atoms with Crippen molar-refractivity contribution < 1.29 is 9.53 Å². The number of benzene rings is 1. The van der Waals surface area contributed by atoms with Gasteiger partial charge in [0.2, 0.25) is 11.8 Å². The number of aliphatic imine (C=N–C) groups is 1. The summed E-state index contributed by atoms with van der Waals surface area (Å²) in [5, 5.41) is 0.568. The molecule has 4 rings (SSSR count). The second-order valence-electron chi connectivity index (χ2n) is 6.35. The van der Waals surface area contributed by atoms with Crippen LogP contribution in [0.4, 0.5) is 5.95 Å². The van der Waals surface area contributed by atoms with Crippen molar-refractivity contribution in [1.82, 2.24) is 9.55 Å². The smallest absolute Gasteiger partial charge is 0.208 e. The fourth-order valence-electron chi connectivity index (χ4n) is 3.67. The summed E-state index contributed by atoms with van der Waals surface area (Å²) in [6, 6.07) is 3.62. The number of carbonyl (C=O) groups is 1. The van der Waals surface area contributed by atoms with Crippen molar-refractivity contribution in [1.29, 1.82) is 0 Å². The lowest BCUT2D eigenvalue weighted by atomic mass is 10.0. The maximum atomic E-state index is 11.5. The van der Waals surface area contributed by atoms with Crippen LogP contribution in [0.1, 0.15) is 23.7 Å². The zero-order valence-electron chi connectivity index (χ0n) is 14.2. The molecule has 2 aromatic rings. The number of imidazole rings is 1. The third-order valence-corrected chi connectivity index (χ3v) is 5.21. The van der Waals surface area contributed by atoms with Gasteiger partial charge in [0.1, 0.15) is 5.52 Å². The van der Waals surface area contributed by atoms with Gasteiger partial charge in [-0.25, -0.2) is 9.98 Å². The number of nitrogens with zero attached hydrogens (tertiary/aromatic N) is 4. The molecule has 0 saturated carbocycles. The Bertz CT molecular complexity index is 915. The Balaban J connectivity index is 1.83. The molecule has 130 valence electrons. The highest BCUT2D eigenvalue weighted by Gasteiger charge is 2.31. The zero-order chi connectivity index (χ0) is 17.6. The molecule has 1 unspecified atom stereocenters. The van der Waals surface area contributed by atoms with E-state index in [0.29, 0.717) is 28.5 Å². The number of ether oxygens (including phenoxy) is 1. The molecule has 2 aliphatic rings. The minimum Gasteiger partial charge on any atom is -0.481 e. The second kappa shape index (κ2) is 6.19. The minimum atomic E-state index is 0.133. The van der Waals surface area contributed by atoms with Gasteiger partial charge in [0, 0.05) is 24.7 Å². The summed E-state index contributed by atoms with van der Waals surface area (Å²) < 4.78 is 7.35. The van der Waals surface area contributed by atoms with Crippen molar-refractivity contribution >= 4 is 40.8 Å². The average Bonchev–Trinajstić information content (AvgIpc) is 3.03. The number of fused-ring (bicyclic) bond motifs is 3. The van der Waals surface area contributed by atoms with Crippen LogP contribution in [0.5, 0.6) is 0 Å². The van der Waals surface area contributed by atoms with E-state index in [1.165, 1.54) is 5.57 Å². The van der Waals surface area contributed by atoms with Crippen molar-refractivity contribution in [2.24, 2.45) is 4.99 Å². The van der Waals surface area contributed by atoms with E-state index < -0.39 is 0 Å². The van der Waals surface area contributed by atoms with Crippen molar-refractivity contribution in [3.05, 3.63) is 34.4 Å². The Hall–Kier alpha value is -2.34. The number of aromatic nitrogens is 2. The van der Waals surface area contributed by atoms with Gasteiger partial charge in [-0.3, -0.25) is 4.79 Å². The topological polar surface area (TPSA) is 59.7 Å². The monoisotopic (exact) mass is 358 g/mol. The van der Waals surface area contributed by atoms with E-state index in [1.807, 2.05) is 6.08 Å². The number of carbonyl (C=O) groups excluding carboxylic acids is 1. The molecular formula is C18H19ClN4O2. The van der Waals surface area contributed by atoms with Gasteiger partial charge in [-0.2, -0.15) is 0 Å². The third kappa shape index (κ3) is 2.52. The summed E-state index contributed by atoms with van der Waals surface area (Å²) in [7, 11) is 1.63. The predicted molar refractivity (Wildman–Crippen MR) is 98.9 cm³/mol. The Labute approximate surface area is 150 Å². The summed E-state index contributed by atoms with van der Waals surface area (Å²) in [6.45, 7) is 4.43. The molecule has 3 heterocycles. The second-order valence-corrected chi connectivity index (χ2v) is 6.76. The third-order valence-electron chi connectivity index (χ3n) is 4.90. The summed E-state index contributed by atoms with van der Waals surface area (Å²) in [5.74, 6) is 1.51. The first-order valence-corrected chi connectivity index (χ1v) is 8.69. The molecule has 1 atom stereocenters. The normalized spacial score (nSPS) is 20.1. The Morgan fingerprint density at radius 2 is 2.20 bits per heavy atom. The highest BCUT2D eigenvalue weighted by Crippen LogP contribution is 2.34. The van der Waals surface area contributed by atoms with Crippen LogP contribution in [-0.2, 0) is 11.3 Å². The number of rotatable bonds is 2. The molecule has 7 heteroatoms. The number of aldehydes is 1. The van der Waals surface area contributed by atoms with Crippen LogP contribution in [0.2, 0.25) is 5.02 Å². The minimum absolute atomic E-state index is 0.133. The van der Waals surface area contributed by atoms with Gasteiger partial charge in [0.25, 0.3) is 0 Å². The number of hydrogen-bond donors (Lipinski definition) is 0. The van der Waals surface area contributed by atoms with E-state index in [2.05, 4.69) is 21.4 Å². The highest BCUT2D eigenvalue weighted by atomic mass is 35.5. The quantitative estimate of drug-likeness (QED) is 0.774. The number of halogens is 1. The lowest BCUT2D eigenvalue weighted by Gasteiger charge is -2.37. The number of dihydropyridines is 1. The molecule has 0 N–H and O–H groups in total. The Kier molecular flexibility index (Phi) is 4.00. The molecule has 0 radical (unpaired) electrons. The average molecular weight is 359 g/mol. The van der Waals surface area contributed by atoms with E-state index in [0.717, 1.165) is 37.3 Å². The van der Waals surface area contributed by atoms with E-state index in [1.54, 1.807) is 19.2 Å². The van der Waals surface area contributed by atoms with Crippen LogP contribution in [-0.4, -0.2) is 48.0 Å². The molecule has 0 fully saturated rings. The molecule has 0 bridgehead atoms. The molecule has 0 amide bonds. The van der Waals surface area contributed by atoms with E-state index in [9.17, 15) is 4.79 Å². The summed E-state index contributed by atoms with van der Waals surface area (Å²) in [5.41, 5.74) is 3.32. The van der Waals surface area contributed by atoms with E-state index in [4.69, 9.17) is 21.3 Å². The SMILES string of the molecule is COC1=NCC(N2CCCn3c2nc2c(Cl)ccc(C=O)c23)C(C)=C1. The molecule has 1 aromatic heterocycles.